The van der Waals surface area contributed by atoms with Gasteiger partial charge in [-0.25, -0.2) is 4.39 Å². The van der Waals surface area contributed by atoms with E-state index < -0.39 is 0 Å². The normalized spacial score (nSPS) is 16.0. The van der Waals surface area contributed by atoms with E-state index in [0.29, 0.717) is 14.2 Å². The summed E-state index contributed by atoms with van der Waals surface area (Å²) in [5, 5.41) is 3.81. The third-order valence-corrected chi connectivity index (χ3v) is 5.44. The van der Waals surface area contributed by atoms with Gasteiger partial charge in [0, 0.05) is 10.7 Å². The Hall–Kier alpha value is -1.89. The highest BCUT2D eigenvalue weighted by molar-refractivity contribution is 8.26. The van der Waals surface area contributed by atoms with Crippen LogP contribution in [0.25, 0.3) is 6.08 Å². The summed E-state index contributed by atoms with van der Waals surface area (Å²) in [5.41, 5.74) is 2.55. The number of thioether (sulfide) groups is 1. The molecule has 25 heavy (non-hydrogen) atoms. The molecular weight excluding hydrogens is 379 g/mol. The van der Waals surface area contributed by atoms with Crippen molar-refractivity contribution in [3.05, 3.63) is 69.3 Å². The Morgan fingerprint density at radius 1 is 1.28 bits per heavy atom. The van der Waals surface area contributed by atoms with Crippen LogP contribution in [-0.4, -0.2) is 21.8 Å². The summed E-state index contributed by atoms with van der Waals surface area (Å²) >= 11 is 12.6. The van der Waals surface area contributed by atoms with Gasteiger partial charge in [-0.1, -0.05) is 53.8 Å². The molecule has 1 heterocycles. The number of hydrogen-bond donors (Lipinski definition) is 1. The largest absolute Gasteiger partial charge is 0.367 e. The fraction of sp³-hybridized carbons (Fsp3) is 0.111. The molecule has 2 aromatic carbocycles. The van der Waals surface area contributed by atoms with E-state index in [1.807, 2.05) is 25.1 Å². The number of anilines is 1. The van der Waals surface area contributed by atoms with Crippen molar-refractivity contribution in [1.29, 1.82) is 0 Å². The Kier molecular flexibility index (Phi) is 5.42. The van der Waals surface area contributed by atoms with Gasteiger partial charge in [-0.3, -0.25) is 9.69 Å². The van der Waals surface area contributed by atoms with Crippen LogP contribution in [0.5, 0.6) is 0 Å². The van der Waals surface area contributed by atoms with Gasteiger partial charge in [-0.15, -0.1) is 0 Å². The van der Waals surface area contributed by atoms with E-state index >= 15 is 0 Å². The number of benzene rings is 2. The summed E-state index contributed by atoms with van der Waals surface area (Å²) in [6, 6.07) is 11.6. The van der Waals surface area contributed by atoms with Crippen molar-refractivity contribution in [3.63, 3.8) is 0 Å². The number of carbonyl (C=O) groups is 1. The van der Waals surface area contributed by atoms with Crippen molar-refractivity contribution in [2.24, 2.45) is 0 Å². The van der Waals surface area contributed by atoms with E-state index in [0.717, 1.165) is 16.8 Å². The zero-order valence-corrected chi connectivity index (χ0v) is 15.6. The number of hydrogen-bond acceptors (Lipinski definition) is 4. The smallest absolute Gasteiger partial charge is 0.267 e. The molecule has 0 unspecified atom stereocenters. The van der Waals surface area contributed by atoms with Crippen LogP contribution in [0.2, 0.25) is 5.02 Å². The number of amides is 1. The molecule has 1 fully saturated rings. The first kappa shape index (κ1) is 17.9. The summed E-state index contributed by atoms with van der Waals surface area (Å²) < 4.78 is 13.5. The molecule has 0 aliphatic carbocycles. The number of rotatable bonds is 4. The fourth-order valence-electron chi connectivity index (χ4n) is 2.22. The first-order chi connectivity index (χ1) is 11.9. The molecule has 1 saturated heterocycles. The molecule has 1 aliphatic rings. The second kappa shape index (κ2) is 7.56. The molecule has 0 bridgehead atoms. The van der Waals surface area contributed by atoms with Gasteiger partial charge in [0.25, 0.3) is 5.91 Å². The van der Waals surface area contributed by atoms with E-state index in [1.54, 1.807) is 18.2 Å². The molecule has 0 aromatic heterocycles. The second-order valence-electron chi connectivity index (χ2n) is 5.46. The minimum atomic E-state index is -0.314. The van der Waals surface area contributed by atoms with Crippen LogP contribution in [-0.2, 0) is 4.79 Å². The van der Waals surface area contributed by atoms with Crippen LogP contribution in [0.4, 0.5) is 10.1 Å². The van der Waals surface area contributed by atoms with Gasteiger partial charge < -0.3 is 5.32 Å². The van der Waals surface area contributed by atoms with Crippen LogP contribution in [0.1, 0.15) is 11.1 Å². The Morgan fingerprint density at radius 3 is 2.68 bits per heavy atom. The molecule has 1 amide bonds. The topological polar surface area (TPSA) is 32.3 Å². The van der Waals surface area contributed by atoms with Crippen LogP contribution in [0.15, 0.2) is 47.4 Å². The van der Waals surface area contributed by atoms with Crippen molar-refractivity contribution in [2.75, 3.05) is 12.0 Å². The number of thiocarbonyl (C=S) groups is 1. The summed E-state index contributed by atoms with van der Waals surface area (Å²) in [6.45, 7) is 2.18. The Bertz CT molecular complexity index is 868. The summed E-state index contributed by atoms with van der Waals surface area (Å²) in [6.07, 6.45) is 1.71. The average Bonchev–Trinajstić information content (AvgIpc) is 2.84. The predicted molar refractivity (Wildman–Crippen MR) is 106 cm³/mol. The van der Waals surface area contributed by atoms with E-state index in [1.165, 1.54) is 28.8 Å². The van der Waals surface area contributed by atoms with Crippen molar-refractivity contribution >= 4 is 57.6 Å². The summed E-state index contributed by atoms with van der Waals surface area (Å²) in [7, 11) is 0. The molecule has 0 atom stereocenters. The van der Waals surface area contributed by atoms with Gasteiger partial charge in [0.15, 0.2) is 0 Å². The quantitative estimate of drug-likeness (QED) is 0.582. The van der Waals surface area contributed by atoms with Gasteiger partial charge in [-0.05, 0) is 48.4 Å². The molecule has 0 saturated carbocycles. The third-order valence-electron chi connectivity index (χ3n) is 3.65. The van der Waals surface area contributed by atoms with Crippen LogP contribution >= 0.6 is 35.6 Å². The fourth-order valence-corrected chi connectivity index (χ4v) is 3.66. The third kappa shape index (κ3) is 4.21. The lowest BCUT2D eigenvalue weighted by Gasteiger charge is -2.16. The van der Waals surface area contributed by atoms with Crippen molar-refractivity contribution in [3.8, 4) is 0 Å². The second-order valence-corrected chi connectivity index (χ2v) is 7.54. The molecule has 3 rings (SSSR count). The van der Waals surface area contributed by atoms with Crippen molar-refractivity contribution in [1.82, 2.24) is 4.90 Å². The summed E-state index contributed by atoms with van der Waals surface area (Å²) in [4.78, 5) is 14.5. The SMILES string of the molecule is Cc1ccc(NCN2C(=O)/C(=C/c3ccc(F)cc3)SC2=S)cc1Cl. The molecule has 7 heteroatoms. The van der Waals surface area contributed by atoms with Gasteiger partial charge in [0.05, 0.1) is 11.6 Å². The molecule has 2 aromatic rings. The molecular formula is C18H14ClFN2OS2. The highest BCUT2D eigenvalue weighted by Gasteiger charge is 2.31. The number of nitrogens with one attached hydrogen (secondary N) is 1. The summed E-state index contributed by atoms with van der Waals surface area (Å²) in [5.74, 6) is -0.490. The molecule has 1 N–H and O–H groups in total. The maximum Gasteiger partial charge on any atom is 0.267 e. The predicted octanol–water partition coefficient (Wildman–Crippen LogP) is 5.06. The first-order valence-corrected chi connectivity index (χ1v) is 9.05. The lowest BCUT2D eigenvalue weighted by atomic mass is 10.2. The van der Waals surface area contributed by atoms with Crippen LogP contribution < -0.4 is 5.32 Å². The molecule has 128 valence electrons. The highest BCUT2D eigenvalue weighted by Crippen LogP contribution is 2.32. The molecule has 1 aliphatic heterocycles. The van der Waals surface area contributed by atoms with Gasteiger partial charge in [-0.2, -0.15) is 0 Å². The maximum atomic E-state index is 13.0. The number of aryl methyl sites for hydroxylation is 1. The zero-order chi connectivity index (χ0) is 18.0. The lowest BCUT2D eigenvalue weighted by molar-refractivity contribution is -0.121. The van der Waals surface area contributed by atoms with Gasteiger partial charge in [0.1, 0.15) is 10.1 Å². The molecule has 0 radical (unpaired) electrons. The van der Waals surface area contributed by atoms with Crippen LogP contribution in [0.3, 0.4) is 0 Å². The highest BCUT2D eigenvalue weighted by atomic mass is 35.5. The number of nitrogens with zero attached hydrogens (tertiary/aromatic N) is 1. The van der Waals surface area contributed by atoms with Crippen molar-refractivity contribution in [2.45, 2.75) is 6.92 Å². The minimum Gasteiger partial charge on any atom is -0.367 e. The van der Waals surface area contributed by atoms with E-state index in [4.69, 9.17) is 23.8 Å². The molecule has 3 nitrogen and oxygen atoms in total. The standard InChI is InChI=1S/C18H14ClFN2OS2/c1-11-2-7-14(9-15(11)19)21-10-22-17(23)16(25-18(22)24)8-12-3-5-13(20)6-4-12/h2-9,21H,10H2,1H3/b16-8-. The number of carbonyl (C=O) groups excluding carboxylic acids is 1. The number of halogens is 2. The first-order valence-electron chi connectivity index (χ1n) is 7.45. The van der Waals surface area contributed by atoms with E-state index in [9.17, 15) is 9.18 Å². The monoisotopic (exact) mass is 392 g/mol. The Morgan fingerprint density at radius 2 is 2.00 bits per heavy atom. The Balaban J connectivity index is 1.70. The minimum absolute atomic E-state index is 0.176. The maximum absolute atomic E-state index is 13.0. The zero-order valence-electron chi connectivity index (χ0n) is 13.3. The van der Waals surface area contributed by atoms with E-state index in [-0.39, 0.29) is 18.4 Å². The Labute approximate surface area is 159 Å². The molecule has 0 spiro atoms. The van der Waals surface area contributed by atoms with Crippen molar-refractivity contribution < 1.29 is 9.18 Å². The van der Waals surface area contributed by atoms with Crippen LogP contribution in [0, 0.1) is 12.7 Å². The lowest BCUT2D eigenvalue weighted by Crippen LogP contribution is -2.33. The van der Waals surface area contributed by atoms with E-state index in [2.05, 4.69) is 5.32 Å². The van der Waals surface area contributed by atoms with Gasteiger partial charge >= 0.3 is 0 Å². The average molecular weight is 393 g/mol. The van der Waals surface area contributed by atoms with Gasteiger partial charge in [0.2, 0.25) is 0 Å².